The second kappa shape index (κ2) is 6.23. The number of unbranched alkanes of at least 4 members (excludes halogenated alkanes) is 1. The van der Waals surface area contributed by atoms with Crippen molar-refractivity contribution < 1.29 is 8.42 Å². The maximum atomic E-state index is 12.5. The lowest BCUT2D eigenvalue weighted by Crippen LogP contribution is -2.44. The molecule has 0 bridgehead atoms. The Balaban J connectivity index is 2.13. The molecule has 2 atom stereocenters. The zero-order chi connectivity index (χ0) is 15.6. The van der Waals surface area contributed by atoms with Crippen molar-refractivity contribution in [2.75, 3.05) is 0 Å². The van der Waals surface area contributed by atoms with Gasteiger partial charge in [0.2, 0.25) is 10.0 Å². The van der Waals surface area contributed by atoms with Crippen LogP contribution in [0.2, 0.25) is 0 Å². The zero-order valence-electron chi connectivity index (χ0n) is 12.7. The summed E-state index contributed by atoms with van der Waals surface area (Å²) in [5.74, 6) is 0.0764. The minimum atomic E-state index is -3.41. The van der Waals surface area contributed by atoms with Gasteiger partial charge in [-0.1, -0.05) is 68.3 Å². The molecule has 1 aliphatic rings. The maximum absolute atomic E-state index is 12.5. The molecule has 0 aliphatic carbocycles. The predicted octanol–water partition coefficient (Wildman–Crippen LogP) is 3.67. The van der Waals surface area contributed by atoms with E-state index in [1.54, 1.807) is 12.1 Å². The Kier molecular flexibility index (Phi) is 4.32. The van der Waals surface area contributed by atoms with Crippen LogP contribution in [0, 0.1) is 0 Å². The van der Waals surface area contributed by atoms with Gasteiger partial charge in [-0.25, -0.2) is 13.1 Å². The summed E-state index contributed by atoms with van der Waals surface area (Å²) in [6.07, 6.45) is 2.92. The van der Waals surface area contributed by atoms with Crippen LogP contribution < -0.4 is 4.72 Å². The first-order valence-electron chi connectivity index (χ1n) is 7.79. The van der Waals surface area contributed by atoms with Crippen molar-refractivity contribution in [3.8, 4) is 0 Å². The molecule has 0 saturated carbocycles. The minimum absolute atomic E-state index is 0.0764. The monoisotopic (exact) mass is 315 g/mol. The van der Waals surface area contributed by atoms with E-state index in [4.69, 9.17) is 0 Å². The molecule has 1 heterocycles. The highest BCUT2D eigenvalue weighted by atomic mass is 32.2. The predicted molar refractivity (Wildman–Crippen MR) is 88.4 cm³/mol. The van der Waals surface area contributed by atoms with Crippen molar-refractivity contribution >= 4 is 10.0 Å². The van der Waals surface area contributed by atoms with Crippen LogP contribution in [0.3, 0.4) is 0 Å². The minimum Gasteiger partial charge on any atom is -0.207 e. The van der Waals surface area contributed by atoms with E-state index in [-0.39, 0.29) is 12.0 Å². The molecule has 0 aromatic heterocycles. The molecular weight excluding hydrogens is 294 g/mol. The highest BCUT2D eigenvalue weighted by molar-refractivity contribution is 7.89. The van der Waals surface area contributed by atoms with Crippen molar-refractivity contribution in [3.63, 3.8) is 0 Å². The molecule has 116 valence electrons. The summed E-state index contributed by atoms with van der Waals surface area (Å²) < 4.78 is 27.9. The van der Waals surface area contributed by atoms with Gasteiger partial charge in [-0.15, -0.1) is 0 Å². The van der Waals surface area contributed by atoms with E-state index in [9.17, 15) is 8.42 Å². The van der Waals surface area contributed by atoms with Crippen LogP contribution in [-0.2, 0) is 10.0 Å². The number of hydrogen-bond donors (Lipinski definition) is 1. The van der Waals surface area contributed by atoms with Crippen molar-refractivity contribution in [2.24, 2.45) is 0 Å². The van der Waals surface area contributed by atoms with Gasteiger partial charge in [-0.2, -0.15) is 0 Å². The molecule has 1 aliphatic heterocycles. The third kappa shape index (κ3) is 2.81. The molecule has 2 aromatic rings. The molecule has 3 rings (SSSR count). The molecule has 0 radical (unpaired) electrons. The largest absolute Gasteiger partial charge is 0.241 e. The van der Waals surface area contributed by atoms with Crippen molar-refractivity contribution in [2.45, 2.75) is 43.0 Å². The summed E-state index contributed by atoms with van der Waals surface area (Å²) in [5.41, 5.74) is 2.08. The lowest BCUT2D eigenvalue weighted by Gasteiger charge is -2.34. The second-order valence-corrected chi connectivity index (χ2v) is 7.48. The first-order valence-corrected chi connectivity index (χ1v) is 9.28. The number of nitrogens with one attached hydrogen (secondary N) is 1. The third-order valence-electron chi connectivity index (χ3n) is 4.28. The normalized spacial score (nSPS) is 23.0. The first kappa shape index (κ1) is 15.3. The summed E-state index contributed by atoms with van der Waals surface area (Å²) in [6, 6.07) is 17.5. The number of benzene rings is 2. The Morgan fingerprint density at radius 2 is 1.68 bits per heavy atom. The van der Waals surface area contributed by atoms with Crippen LogP contribution in [0.1, 0.15) is 43.2 Å². The smallest absolute Gasteiger partial charge is 0.207 e. The van der Waals surface area contributed by atoms with Gasteiger partial charge in [-0.3, -0.25) is 0 Å². The van der Waals surface area contributed by atoms with E-state index < -0.39 is 10.0 Å². The van der Waals surface area contributed by atoms with Gasteiger partial charge in [0.1, 0.15) is 0 Å². The molecular formula is C18H21NO2S. The fourth-order valence-electron chi connectivity index (χ4n) is 3.25. The third-order valence-corrected chi connectivity index (χ3v) is 5.84. The van der Waals surface area contributed by atoms with Gasteiger partial charge in [0, 0.05) is 12.0 Å². The first-order chi connectivity index (χ1) is 10.6. The van der Waals surface area contributed by atoms with Crippen LogP contribution in [0.4, 0.5) is 0 Å². The Bertz CT molecular complexity index is 741. The quantitative estimate of drug-likeness (QED) is 0.935. The summed E-state index contributed by atoms with van der Waals surface area (Å²) in [4.78, 5) is 0.414. The summed E-state index contributed by atoms with van der Waals surface area (Å²) in [5, 5.41) is 0. The molecule has 0 unspecified atom stereocenters. The lowest BCUT2D eigenvalue weighted by molar-refractivity contribution is 0.457. The lowest BCUT2D eigenvalue weighted by atomic mass is 9.83. The summed E-state index contributed by atoms with van der Waals surface area (Å²) >= 11 is 0. The van der Waals surface area contributed by atoms with Gasteiger partial charge < -0.3 is 0 Å². The van der Waals surface area contributed by atoms with E-state index in [0.717, 1.165) is 24.8 Å². The van der Waals surface area contributed by atoms with Gasteiger partial charge in [-0.05, 0) is 23.6 Å². The Morgan fingerprint density at radius 3 is 2.41 bits per heavy atom. The fourth-order valence-corrected chi connectivity index (χ4v) is 4.79. The van der Waals surface area contributed by atoms with E-state index in [2.05, 4.69) is 23.8 Å². The Morgan fingerprint density at radius 1 is 1.00 bits per heavy atom. The average molecular weight is 315 g/mol. The molecule has 1 N–H and O–H groups in total. The van der Waals surface area contributed by atoms with Gasteiger partial charge in [0.25, 0.3) is 0 Å². The van der Waals surface area contributed by atoms with Crippen molar-refractivity contribution in [3.05, 3.63) is 65.7 Å². The van der Waals surface area contributed by atoms with Crippen molar-refractivity contribution in [1.82, 2.24) is 4.72 Å². The molecule has 0 spiro atoms. The van der Waals surface area contributed by atoms with E-state index in [0.29, 0.717) is 4.90 Å². The van der Waals surface area contributed by atoms with Crippen LogP contribution in [0.25, 0.3) is 0 Å². The van der Waals surface area contributed by atoms with E-state index >= 15 is 0 Å². The number of hydrogen-bond acceptors (Lipinski definition) is 2. The van der Waals surface area contributed by atoms with Gasteiger partial charge in [0.05, 0.1) is 4.90 Å². The SMILES string of the molecule is CCCC[C@@H]1NS(=O)(=O)c2ccccc2[C@H]1c1ccccc1. The molecule has 0 saturated heterocycles. The molecule has 0 amide bonds. The van der Waals surface area contributed by atoms with Gasteiger partial charge in [0.15, 0.2) is 0 Å². The Labute approximate surface area is 132 Å². The molecule has 2 aromatic carbocycles. The molecule has 22 heavy (non-hydrogen) atoms. The van der Waals surface area contributed by atoms with E-state index in [1.807, 2.05) is 30.3 Å². The van der Waals surface area contributed by atoms with Crippen LogP contribution in [-0.4, -0.2) is 14.5 Å². The molecule has 0 fully saturated rings. The van der Waals surface area contributed by atoms with Crippen LogP contribution in [0.15, 0.2) is 59.5 Å². The van der Waals surface area contributed by atoms with Gasteiger partial charge >= 0.3 is 0 Å². The number of rotatable bonds is 4. The van der Waals surface area contributed by atoms with E-state index in [1.165, 1.54) is 5.56 Å². The molecule has 4 heteroatoms. The van der Waals surface area contributed by atoms with Crippen LogP contribution >= 0.6 is 0 Å². The topological polar surface area (TPSA) is 46.2 Å². The maximum Gasteiger partial charge on any atom is 0.241 e. The summed E-state index contributed by atoms with van der Waals surface area (Å²) in [7, 11) is -3.41. The standard InChI is InChI=1S/C18H21NO2S/c1-2-3-12-16-18(14-9-5-4-6-10-14)15-11-7-8-13-17(15)22(20,21)19-16/h4-11,13,16,18-19H,2-3,12H2,1H3/t16-,18+/m0/s1. The Hall–Kier alpha value is -1.65. The highest BCUT2D eigenvalue weighted by Gasteiger charge is 2.37. The highest BCUT2D eigenvalue weighted by Crippen LogP contribution is 2.38. The average Bonchev–Trinajstić information content (AvgIpc) is 2.53. The molecule has 3 nitrogen and oxygen atoms in total. The van der Waals surface area contributed by atoms with Crippen molar-refractivity contribution in [1.29, 1.82) is 0 Å². The van der Waals surface area contributed by atoms with Crippen LogP contribution in [0.5, 0.6) is 0 Å². The summed E-state index contributed by atoms with van der Waals surface area (Å²) in [6.45, 7) is 2.13. The zero-order valence-corrected chi connectivity index (χ0v) is 13.5. The second-order valence-electron chi connectivity index (χ2n) is 5.80. The number of fused-ring (bicyclic) bond motifs is 1. The fraction of sp³-hybridized carbons (Fsp3) is 0.333. The number of sulfonamides is 1.